The molecule has 0 saturated carbocycles. The summed E-state index contributed by atoms with van der Waals surface area (Å²) < 4.78 is 5.33. The topological polar surface area (TPSA) is 135 Å². The molecule has 1 aromatic heterocycles. The number of carbonyl (C=O) groups is 3. The third-order valence-electron chi connectivity index (χ3n) is 5.54. The highest BCUT2D eigenvalue weighted by molar-refractivity contribution is 6.42. The van der Waals surface area contributed by atoms with Crippen molar-refractivity contribution in [3.8, 4) is 0 Å². The summed E-state index contributed by atoms with van der Waals surface area (Å²) in [7, 11) is 0. The molecule has 1 heterocycles. The number of anilines is 1. The Morgan fingerprint density at radius 2 is 1.70 bits per heavy atom. The van der Waals surface area contributed by atoms with E-state index in [1.54, 1.807) is 57.3 Å². The van der Waals surface area contributed by atoms with E-state index in [1.165, 1.54) is 0 Å². The van der Waals surface area contributed by atoms with Gasteiger partial charge in [0.15, 0.2) is 0 Å². The molecule has 3 atom stereocenters. The van der Waals surface area contributed by atoms with Crippen molar-refractivity contribution in [3.63, 3.8) is 0 Å². The van der Waals surface area contributed by atoms with Gasteiger partial charge in [-0.25, -0.2) is 9.78 Å². The van der Waals surface area contributed by atoms with Crippen LogP contribution in [0.5, 0.6) is 0 Å². The van der Waals surface area contributed by atoms with Gasteiger partial charge >= 0.3 is 6.09 Å². The second kappa shape index (κ2) is 13.5. The molecule has 0 unspecified atom stereocenters. The maximum Gasteiger partial charge on any atom is 0.408 e. The summed E-state index contributed by atoms with van der Waals surface area (Å²) in [6.07, 6.45) is 1.61. The van der Waals surface area contributed by atoms with Gasteiger partial charge in [-0.1, -0.05) is 55.6 Å². The Morgan fingerprint density at radius 3 is 2.27 bits per heavy atom. The highest BCUT2D eigenvalue weighted by Crippen LogP contribution is 2.23. The molecule has 0 aliphatic heterocycles. The summed E-state index contributed by atoms with van der Waals surface area (Å²) in [5, 5.41) is 8.98. The van der Waals surface area contributed by atoms with Gasteiger partial charge < -0.3 is 26.4 Å². The third-order valence-corrected chi connectivity index (χ3v) is 6.28. The second-order valence-corrected chi connectivity index (χ2v) is 10.6. The predicted octanol–water partition coefficient (Wildman–Crippen LogP) is 4.25. The van der Waals surface area contributed by atoms with E-state index in [2.05, 4.69) is 20.9 Å². The maximum absolute atomic E-state index is 13.4. The van der Waals surface area contributed by atoms with Crippen molar-refractivity contribution in [1.29, 1.82) is 0 Å². The van der Waals surface area contributed by atoms with Crippen LogP contribution in [0.25, 0.3) is 0 Å². The van der Waals surface area contributed by atoms with Gasteiger partial charge in [0.1, 0.15) is 23.5 Å². The molecule has 0 fully saturated rings. The largest absolute Gasteiger partial charge is 0.444 e. The summed E-state index contributed by atoms with van der Waals surface area (Å²) in [6.45, 7) is 9.13. The predicted molar refractivity (Wildman–Crippen MR) is 145 cm³/mol. The van der Waals surface area contributed by atoms with Crippen LogP contribution < -0.4 is 21.7 Å². The fourth-order valence-corrected chi connectivity index (χ4v) is 3.68. The minimum Gasteiger partial charge on any atom is -0.444 e. The van der Waals surface area contributed by atoms with Crippen molar-refractivity contribution in [3.05, 3.63) is 57.7 Å². The normalized spacial score (nSPS) is 13.7. The molecule has 9 nitrogen and oxygen atoms in total. The number of nitrogen functional groups attached to an aromatic ring is 1. The fourth-order valence-electron chi connectivity index (χ4n) is 3.36. The molecule has 37 heavy (non-hydrogen) atoms. The van der Waals surface area contributed by atoms with E-state index < -0.39 is 35.6 Å². The van der Waals surface area contributed by atoms with Crippen LogP contribution in [-0.4, -0.2) is 40.6 Å². The van der Waals surface area contributed by atoms with Crippen LogP contribution >= 0.6 is 23.2 Å². The van der Waals surface area contributed by atoms with Gasteiger partial charge in [0.25, 0.3) is 0 Å². The number of pyridine rings is 1. The van der Waals surface area contributed by atoms with Crippen molar-refractivity contribution in [2.75, 3.05) is 5.73 Å². The molecule has 0 aliphatic carbocycles. The van der Waals surface area contributed by atoms with E-state index in [-0.39, 0.29) is 18.9 Å². The number of rotatable bonds is 10. The number of aromatic nitrogens is 1. The Hall–Kier alpha value is -3.04. The minimum absolute atomic E-state index is 0.147. The summed E-state index contributed by atoms with van der Waals surface area (Å²) in [5.74, 6) is -0.776. The smallest absolute Gasteiger partial charge is 0.408 e. The summed E-state index contributed by atoms with van der Waals surface area (Å²) in [5.41, 5.74) is 6.33. The number of benzene rings is 1. The van der Waals surface area contributed by atoms with E-state index in [1.807, 2.05) is 13.8 Å². The Labute approximate surface area is 227 Å². The molecule has 0 spiro atoms. The van der Waals surface area contributed by atoms with Crippen LogP contribution in [0.1, 0.15) is 52.2 Å². The van der Waals surface area contributed by atoms with Crippen LogP contribution in [-0.2, 0) is 27.3 Å². The standard InChI is InChI=1S/C26H35Cl2N5O4/c1-6-15(2)22(33-25(36)37-26(3,4)5)24(35)32-20(12-16-7-9-18(27)19(28)11-16)23(34)31-14-17-8-10-21(29)30-13-17/h7-11,13,15,20,22H,6,12,14H2,1-5H3,(H2,29,30)(H,31,34)(H,32,35)(H,33,36)/t15-,20-,22-/m0/s1. The molecule has 0 radical (unpaired) electrons. The molecule has 0 bridgehead atoms. The molecule has 0 aliphatic rings. The van der Waals surface area contributed by atoms with Gasteiger partial charge in [-0.2, -0.15) is 0 Å². The first kappa shape index (κ1) is 30.2. The first-order valence-corrected chi connectivity index (χ1v) is 12.8. The molecule has 202 valence electrons. The minimum atomic E-state index is -0.960. The zero-order chi connectivity index (χ0) is 27.8. The second-order valence-electron chi connectivity index (χ2n) is 9.83. The number of halogens is 2. The number of hydrogen-bond donors (Lipinski definition) is 4. The Bertz CT molecular complexity index is 1090. The molecule has 3 amide bonds. The number of nitrogens with one attached hydrogen (secondary N) is 3. The number of carbonyl (C=O) groups excluding carboxylic acids is 3. The van der Waals surface area contributed by atoms with Crippen molar-refractivity contribution < 1.29 is 19.1 Å². The molecule has 2 aromatic rings. The van der Waals surface area contributed by atoms with Crippen molar-refractivity contribution in [2.24, 2.45) is 5.92 Å². The summed E-state index contributed by atoms with van der Waals surface area (Å²) in [6, 6.07) is 6.51. The molecule has 2 rings (SSSR count). The van der Waals surface area contributed by atoms with Crippen LogP contribution in [0.2, 0.25) is 10.0 Å². The lowest BCUT2D eigenvalue weighted by Gasteiger charge is -2.28. The van der Waals surface area contributed by atoms with E-state index in [4.69, 9.17) is 33.7 Å². The molecule has 11 heteroatoms. The lowest BCUT2D eigenvalue weighted by molar-refractivity contribution is -0.130. The number of amides is 3. The zero-order valence-corrected chi connectivity index (χ0v) is 23.2. The molecule has 5 N–H and O–H groups in total. The van der Waals surface area contributed by atoms with Gasteiger partial charge in [0.2, 0.25) is 11.8 Å². The van der Waals surface area contributed by atoms with Crippen LogP contribution in [0.4, 0.5) is 10.6 Å². The van der Waals surface area contributed by atoms with Gasteiger partial charge in [0, 0.05) is 19.2 Å². The Kier molecular flexibility index (Phi) is 11.0. The molecular weight excluding hydrogens is 517 g/mol. The molecule has 1 aromatic carbocycles. The van der Waals surface area contributed by atoms with Crippen molar-refractivity contribution in [2.45, 2.75) is 71.7 Å². The quantitative estimate of drug-likeness (QED) is 0.348. The first-order valence-electron chi connectivity index (χ1n) is 12.0. The van der Waals surface area contributed by atoms with Gasteiger partial charge in [-0.15, -0.1) is 0 Å². The van der Waals surface area contributed by atoms with Crippen molar-refractivity contribution >= 4 is 46.9 Å². The Balaban J connectivity index is 2.23. The summed E-state index contributed by atoms with van der Waals surface area (Å²) >= 11 is 12.2. The first-order chi connectivity index (χ1) is 17.3. The molecular formula is C26H35Cl2N5O4. The highest BCUT2D eigenvalue weighted by atomic mass is 35.5. The number of hydrogen-bond acceptors (Lipinski definition) is 6. The van der Waals surface area contributed by atoms with Crippen LogP contribution in [0, 0.1) is 5.92 Å². The maximum atomic E-state index is 13.4. The summed E-state index contributed by atoms with van der Waals surface area (Å²) in [4.78, 5) is 43.0. The lowest BCUT2D eigenvalue weighted by atomic mass is 9.97. The van der Waals surface area contributed by atoms with Gasteiger partial charge in [0.05, 0.1) is 10.0 Å². The van der Waals surface area contributed by atoms with E-state index in [0.29, 0.717) is 27.8 Å². The van der Waals surface area contributed by atoms with E-state index >= 15 is 0 Å². The number of nitrogens with two attached hydrogens (primary N) is 1. The number of alkyl carbamates (subject to hydrolysis) is 1. The van der Waals surface area contributed by atoms with Gasteiger partial charge in [-0.3, -0.25) is 9.59 Å². The average molecular weight is 553 g/mol. The van der Waals surface area contributed by atoms with Crippen LogP contribution in [0.3, 0.4) is 0 Å². The SMILES string of the molecule is CC[C@H](C)[C@H](NC(=O)OC(C)(C)C)C(=O)N[C@@H](Cc1ccc(Cl)c(Cl)c1)C(=O)NCc1ccc(N)nc1. The number of nitrogens with zero attached hydrogens (tertiary/aromatic N) is 1. The number of ether oxygens (including phenoxy) is 1. The monoisotopic (exact) mass is 551 g/mol. The molecule has 0 saturated heterocycles. The lowest BCUT2D eigenvalue weighted by Crippen LogP contribution is -2.56. The highest BCUT2D eigenvalue weighted by Gasteiger charge is 2.31. The Morgan fingerprint density at radius 1 is 1.03 bits per heavy atom. The van der Waals surface area contributed by atoms with E-state index in [0.717, 1.165) is 5.56 Å². The van der Waals surface area contributed by atoms with E-state index in [9.17, 15) is 14.4 Å². The zero-order valence-electron chi connectivity index (χ0n) is 21.7. The fraction of sp³-hybridized carbons (Fsp3) is 0.462. The van der Waals surface area contributed by atoms with Crippen LogP contribution in [0.15, 0.2) is 36.5 Å². The third kappa shape index (κ3) is 10.1. The average Bonchev–Trinajstić information content (AvgIpc) is 2.82. The van der Waals surface area contributed by atoms with Gasteiger partial charge in [-0.05, 0) is 56.0 Å². The van der Waals surface area contributed by atoms with Crippen molar-refractivity contribution in [1.82, 2.24) is 20.9 Å².